The number of nitrogen functional groups attached to an aromatic ring is 2. The van der Waals surface area contributed by atoms with Crippen molar-refractivity contribution < 1.29 is 32.7 Å². The number of methoxy groups -OCH3 is 2. The molecular weight excluding hydrogens is 803 g/mol. The van der Waals surface area contributed by atoms with Crippen molar-refractivity contribution in [1.82, 2.24) is 25.0 Å². The third kappa shape index (κ3) is 12.2. The number of hydrogen-bond donors (Lipinski definition) is 2. The first-order chi connectivity index (χ1) is 23.2. The molecule has 2 heterocycles. The number of ketones is 1. The van der Waals surface area contributed by atoms with E-state index in [4.69, 9.17) is 25.8 Å². The van der Waals surface area contributed by atoms with E-state index in [1.165, 1.54) is 75.4 Å². The smallest absolute Gasteiger partial charge is 0.282 e. The largest absolute Gasteiger partial charge is 0.496 e. The molecule has 0 spiro atoms. The van der Waals surface area contributed by atoms with Crippen LogP contribution in [0.3, 0.4) is 0 Å². The maximum atomic E-state index is 14.1. The van der Waals surface area contributed by atoms with Crippen LogP contribution in [-0.4, -0.2) is 76.6 Å². The van der Waals surface area contributed by atoms with E-state index >= 15 is 0 Å². The highest BCUT2D eigenvalue weighted by Crippen LogP contribution is 2.26. The number of rotatable bonds is 10. The predicted molar refractivity (Wildman–Crippen MR) is 203 cm³/mol. The third-order valence-corrected chi connectivity index (χ3v) is 8.65. The lowest BCUT2D eigenvalue weighted by Gasteiger charge is -2.14. The minimum atomic E-state index is -0.630. The molecule has 4 aromatic rings. The number of carbonyl (C=O) groups excluding carboxylic acids is 2. The second-order valence-corrected chi connectivity index (χ2v) is 13.2. The molecule has 0 radical (unpaired) electrons. The van der Waals surface area contributed by atoms with E-state index in [9.17, 15) is 18.4 Å². The summed E-state index contributed by atoms with van der Waals surface area (Å²) in [7, 11) is 5.94. The fourth-order valence-corrected chi connectivity index (χ4v) is 5.32. The molecule has 0 saturated carbocycles. The number of nitrogens with two attached hydrogens (primary N) is 2. The molecule has 0 unspecified atom stereocenters. The van der Waals surface area contributed by atoms with Crippen molar-refractivity contribution in [1.29, 1.82) is 0 Å². The summed E-state index contributed by atoms with van der Waals surface area (Å²) in [5, 5.41) is 2.12. The first kappa shape index (κ1) is 44.2. The minimum absolute atomic E-state index is 0. The van der Waals surface area contributed by atoms with Gasteiger partial charge in [0.05, 0.1) is 36.0 Å². The molecule has 0 saturated heterocycles. The molecule has 4 N–H and O–H groups in total. The second kappa shape index (κ2) is 21.4. The van der Waals surface area contributed by atoms with Crippen LogP contribution in [0, 0.1) is 29.1 Å². The number of thioether (sulfide) groups is 2. The van der Waals surface area contributed by atoms with E-state index in [1.54, 1.807) is 20.1 Å². The highest BCUT2D eigenvalue weighted by atomic mass is 127. The number of benzene rings is 2. The van der Waals surface area contributed by atoms with Gasteiger partial charge in [0.2, 0.25) is 5.78 Å². The van der Waals surface area contributed by atoms with E-state index in [1.807, 2.05) is 43.4 Å². The molecule has 4 rings (SSSR count). The lowest BCUT2D eigenvalue weighted by Crippen LogP contribution is -2.26. The standard InChI is InChI=1S/C15H16FN3O2S.C9H14N4O2S.C8H8FIO.CH4/c1-4-22-15-18-7-10(14(17)19-15)13(20)9-6-12(21-3)8(2)5-11(9)16;1-4-16-9-11-5-6(7(10)12-9)8(14)13(2)15-3;1-5-3-6(9)7(10)4-8(5)11-2;/h5-7H,4H2,1-3H3,(H2,17,18,19);5H,4H2,1-3H3,(H2,10,11,12);3-4H,1-2H3;1H4. The van der Waals surface area contributed by atoms with Gasteiger partial charge in [-0.05, 0) is 83.3 Å². The summed E-state index contributed by atoms with van der Waals surface area (Å²) in [5.74, 6) is 1.25. The molecule has 2 aromatic heterocycles. The molecule has 0 aliphatic rings. The molecule has 0 bridgehead atoms. The topological polar surface area (TPSA) is 169 Å². The van der Waals surface area contributed by atoms with Crippen LogP contribution in [0.5, 0.6) is 11.5 Å². The van der Waals surface area contributed by atoms with E-state index in [0.717, 1.165) is 27.9 Å². The molecule has 0 aliphatic heterocycles. The number of anilines is 2. The summed E-state index contributed by atoms with van der Waals surface area (Å²) in [6.07, 6.45) is 2.74. The molecule has 17 heteroatoms. The molecule has 1 amide bonds. The average molecular weight is 846 g/mol. The molecule has 50 heavy (non-hydrogen) atoms. The Morgan fingerprint density at radius 1 is 0.800 bits per heavy atom. The predicted octanol–water partition coefficient (Wildman–Crippen LogP) is 7.05. The van der Waals surface area contributed by atoms with Crippen LogP contribution in [-0.2, 0) is 4.84 Å². The number of hydroxylamine groups is 2. The van der Waals surface area contributed by atoms with Gasteiger partial charge in [0.25, 0.3) is 5.91 Å². The Balaban J connectivity index is 0.000000394. The van der Waals surface area contributed by atoms with Crippen LogP contribution in [0.4, 0.5) is 20.4 Å². The Morgan fingerprint density at radius 3 is 1.70 bits per heavy atom. The quantitative estimate of drug-likeness (QED) is 0.0549. The zero-order chi connectivity index (χ0) is 36.8. The molecule has 272 valence electrons. The Labute approximate surface area is 313 Å². The van der Waals surface area contributed by atoms with Gasteiger partial charge < -0.3 is 20.9 Å². The van der Waals surface area contributed by atoms with Crippen molar-refractivity contribution in [2.75, 3.05) is 51.4 Å². The van der Waals surface area contributed by atoms with Crippen molar-refractivity contribution in [2.45, 2.75) is 45.4 Å². The van der Waals surface area contributed by atoms with Gasteiger partial charge in [-0.15, -0.1) is 0 Å². The van der Waals surface area contributed by atoms with Gasteiger partial charge in [0, 0.05) is 19.4 Å². The number of amides is 1. The lowest BCUT2D eigenvalue weighted by molar-refractivity contribution is -0.0756. The Morgan fingerprint density at radius 2 is 1.26 bits per heavy atom. The molecule has 2 aromatic carbocycles. The first-order valence-corrected chi connectivity index (χ1v) is 17.5. The number of ether oxygens (including phenoxy) is 2. The Kier molecular flexibility index (Phi) is 18.9. The number of hydrogen-bond acceptors (Lipinski definition) is 13. The van der Waals surface area contributed by atoms with Crippen LogP contribution >= 0.6 is 46.1 Å². The van der Waals surface area contributed by atoms with Crippen molar-refractivity contribution in [3.63, 3.8) is 0 Å². The number of halogens is 3. The highest BCUT2D eigenvalue weighted by Gasteiger charge is 2.21. The third-order valence-electron chi connectivity index (χ3n) is 6.34. The van der Waals surface area contributed by atoms with Gasteiger partial charge in [-0.2, -0.15) is 0 Å². The van der Waals surface area contributed by atoms with Crippen molar-refractivity contribution in [3.8, 4) is 11.5 Å². The van der Waals surface area contributed by atoms with Gasteiger partial charge in [-0.3, -0.25) is 14.4 Å². The zero-order valence-electron chi connectivity index (χ0n) is 28.3. The van der Waals surface area contributed by atoms with E-state index < -0.39 is 11.6 Å². The Bertz CT molecular complexity index is 1770. The van der Waals surface area contributed by atoms with Crippen molar-refractivity contribution in [3.05, 3.63) is 79.7 Å². The summed E-state index contributed by atoms with van der Waals surface area (Å²) in [6.45, 7) is 7.46. The number of nitrogens with zero attached hydrogens (tertiary/aromatic N) is 5. The average Bonchev–Trinajstić information content (AvgIpc) is 3.06. The molecular formula is C33H42F2IN7O5S2. The van der Waals surface area contributed by atoms with E-state index in [-0.39, 0.29) is 47.5 Å². The SMILES string of the molecule is C.CCSc1ncc(C(=O)N(C)OC)c(N)n1.CCSc1ncc(C(=O)c2cc(OC)c(C)cc2F)c(N)n1.COc1cc(I)c(F)cc1C. The van der Waals surface area contributed by atoms with Crippen molar-refractivity contribution in [2.24, 2.45) is 0 Å². The van der Waals surface area contributed by atoms with Crippen LogP contribution in [0.1, 0.15) is 58.7 Å². The number of carbonyl (C=O) groups is 2. The van der Waals surface area contributed by atoms with E-state index in [0.29, 0.717) is 25.2 Å². The molecule has 12 nitrogen and oxygen atoms in total. The van der Waals surface area contributed by atoms with Crippen molar-refractivity contribution >= 4 is 69.4 Å². The first-order valence-electron chi connectivity index (χ1n) is 14.4. The Hall–Kier alpha value is -3.81. The van der Waals surface area contributed by atoms with Gasteiger partial charge >= 0.3 is 0 Å². The molecule has 0 atom stereocenters. The van der Waals surface area contributed by atoms with E-state index in [2.05, 4.69) is 19.9 Å². The fourth-order valence-electron chi connectivity index (χ4n) is 3.79. The van der Waals surface area contributed by atoms with Crippen LogP contribution < -0.4 is 20.9 Å². The zero-order valence-corrected chi connectivity index (χ0v) is 32.1. The summed E-state index contributed by atoms with van der Waals surface area (Å²) in [5.41, 5.74) is 13.1. The van der Waals surface area contributed by atoms with Gasteiger partial charge in [-0.25, -0.2) is 33.8 Å². The summed E-state index contributed by atoms with van der Waals surface area (Å²) in [6, 6.07) is 5.78. The lowest BCUT2D eigenvalue weighted by atomic mass is 10.0. The number of aryl methyl sites for hydroxylation is 2. The summed E-state index contributed by atoms with van der Waals surface area (Å²) < 4.78 is 37.6. The highest BCUT2D eigenvalue weighted by molar-refractivity contribution is 14.1. The molecule has 0 fully saturated rings. The summed E-state index contributed by atoms with van der Waals surface area (Å²) in [4.78, 5) is 45.1. The normalized spacial score (nSPS) is 10.1. The van der Waals surface area contributed by atoms with Crippen LogP contribution in [0.2, 0.25) is 0 Å². The van der Waals surface area contributed by atoms with Gasteiger partial charge in [-0.1, -0.05) is 44.8 Å². The van der Waals surface area contributed by atoms with Gasteiger partial charge in [0.15, 0.2) is 10.3 Å². The van der Waals surface area contributed by atoms with Crippen LogP contribution in [0.15, 0.2) is 47.0 Å². The summed E-state index contributed by atoms with van der Waals surface area (Å²) >= 11 is 4.81. The number of aromatic nitrogens is 4. The van der Waals surface area contributed by atoms with Crippen LogP contribution in [0.25, 0.3) is 0 Å². The maximum Gasteiger partial charge on any atom is 0.282 e. The maximum absolute atomic E-state index is 14.1. The fraction of sp³-hybridized carbons (Fsp3) is 0.333. The molecule has 0 aliphatic carbocycles. The monoisotopic (exact) mass is 845 g/mol. The van der Waals surface area contributed by atoms with Gasteiger partial charge in [0.1, 0.15) is 40.3 Å². The minimum Gasteiger partial charge on any atom is -0.496 e. The second-order valence-electron chi connectivity index (χ2n) is 9.62.